The zero-order valence-corrected chi connectivity index (χ0v) is 15.4. The van der Waals surface area contributed by atoms with Crippen LogP contribution in [0.4, 0.5) is 4.79 Å². The molecule has 140 valence electrons. The molecule has 2 unspecified atom stereocenters. The standard InChI is InChI=1S/C18H28N2O5/c1-18(2)7-6-13(15(18)20-17(21)22)12-10-14(16(24-4)19-11-12)25-9-5-8-23-3/h10-11,13,15,20H,5-9H2,1-4H3,(H,21,22). The maximum atomic E-state index is 11.2. The van der Waals surface area contributed by atoms with Gasteiger partial charge in [-0.25, -0.2) is 9.78 Å². The summed E-state index contributed by atoms with van der Waals surface area (Å²) < 4.78 is 16.1. The first-order valence-corrected chi connectivity index (χ1v) is 8.54. The summed E-state index contributed by atoms with van der Waals surface area (Å²) in [6.07, 6.45) is 3.36. The quantitative estimate of drug-likeness (QED) is 0.699. The molecule has 7 nitrogen and oxygen atoms in total. The molecule has 1 amide bonds. The van der Waals surface area contributed by atoms with Gasteiger partial charge in [0.25, 0.3) is 5.88 Å². The van der Waals surface area contributed by atoms with E-state index in [0.29, 0.717) is 24.8 Å². The summed E-state index contributed by atoms with van der Waals surface area (Å²) in [6.45, 7) is 5.30. The van der Waals surface area contributed by atoms with Crippen molar-refractivity contribution in [3.63, 3.8) is 0 Å². The number of amides is 1. The molecule has 0 radical (unpaired) electrons. The van der Waals surface area contributed by atoms with E-state index >= 15 is 0 Å². The number of aromatic nitrogens is 1. The fourth-order valence-corrected chi connectivity index (χ4v) is 3.47. The third-order valence-corrected chi connectivity index (χ3v) is 4.83. The van der Waals surface area contributed by atoms with Crippen molar-refractivity contribution in [1.82, 2.24) is 10.3 Å². The Morgan fingerprint density at radius 3 is 2.80 bits per heavy atom. The van der Waals surface area contributed by atoms with Gasteiger partial charge in [0, 0.05) is 38.3 Å². The van der Waals surface area contributed by atoms with Crippen LogP contribution in [0.1, 0.15) is 44.6 Å². The number of nitrogens with one attached hydrogen (secondary N) is 1. The Morgan fingerprint density at radius 2 is 2.16 bits per heavy atom. The summed E-state index contributed by atoms with van der Waals surface area (Å²) in [5.41, 5.74) is 0.856. The molecule has 0 aromatic carbocycles. The normalized spacial score (nSPS) is 21.8. The minimum absolute atomic E-state index is 0.0610. The van der Waals surface area contributed by atoms with Crippen LogP contribution in [-0.4, -0.2) is 49.7 Å². The summed E-state index contributed by atoms with van der Waals surface area (Å²) in [5.74, 6) is 1.07. The molecule has 2 atom stereocenters. The third-order valence-electron chi connectivity index (χ3n) is 4.83. The summed E-state index contributed by atoms with van der Waals surface area (Å²) in [7, 11) is 3.21. The van der Waals surface area contributed by atoms with E-state index in [-0.39, 0.29) is 17.4 Å². The molecule has 1 aromatic heterocycles. The molecule has 25 heavy (non-hydrogen) atoms. The lowest BCUT2D eigenvalue weighted by atomic mass is 9.83. The van der Waals surface area contributed by atoms with Crippen LogP contribution in [0.25, 0.3) is 0 Å². The number of hydrogen-bond donors (Lipinski definition) is 2. The van der Waals surface area contributed by atoms with Crippen LogP contribution in [-0.2, 0) is 4.74 Å². The highest BCUT2D eigenvalue weighted by Gasteiger charge is 2.43. The molecule has 0 aliphatic heterocycles. The summed E-state index contributed by atoms with van der Waals surface area (Å²) in [5, 5.41) is 11.9. The van der Waals surface area contributed by atoms with E-state index in [1.165, 1.54) is 0 Å². The molecule has 2 N–H and O–H groups in total. The van der Waals surface area contributed by atoms with Crippen LogP contribution in [0.3, 0.4) is 0 Å². The minimum Gasteiger partial charge on any atom is -0.488 e. The van der Waals surface area contributed by atoms with Gasteiger partial charge in [-0.2, -0.15) is 0 Å². The second-order valence-corrected chi connectivity index (χ2v) is 7.03. The molecule has 1 saturated carbocycles. The van der Waals surface area contributed by atoms with E-state index < -0.39 is 6.09 Å². The predicted molar refractivity (Wildman–Crippen MR) is 93.5 cm³/mol. The molecule has 0 spiro atoms. The van der Waals surface area contributed by atoms with Crippen molar-refractivity contribution in [1.29, 1.82) is 0 Å². The minimum atomic E-state index is -0.998. The molecule has 1 aliphatic rings. The van der Waals surface area contributed by atoms with Gasteiger partial charge in [-0.05, 0) is 29.9 Å². The number of pyridine rings is 1. The van der Waals surface area contributed by atoms with E-state index in [2.05, 4.69) is 24.1 Å². The Bertz CT molecular complexity index is 591. The van der Waals surface area contributed by atoms with Gasteiger partial charge in [-0.15, -0.1) is 0 Å². The summed E-state index contributed by atoms with van der Waals surface area (Å²) in [4.78, 5) is 15.6. The molecule has 1 aromatic rings. The number of ether oxygens (including phenoxy) is 3. The highest BCUT2D eigenvalue weighted by molar-refractivity contribution is 5.65. The first-order chi connectivity index (χ1) is 11.9. The number of carbonyl (C=O) groups is 1. The number of carboxylic acid groups (broad SMARTS) is 1. The zero-order chi connectivity index (χ0) is 18.4. The Balaban J connectivity index is 2.21. The van der Waals surface area contributed by atoms with E-state index in [9.17, 15) is 9.90 Å². The average molecular weight is 352 g/mol. The number of nitrogens with zero attached hydrogens (tertiary/aromatic N) is 1. The van der Waals surface area contributed by atoms with Gasteiger partial charge in [0.05, 0.1) is 13.7 Å². The molecule has 2 rings (SSSR count). The van der Waals surface area contributed by atoms with Gasteiger partial charge < -0.3 is 24.6 Å². The fourth-order valence-electron chi connectivity index (χ4n) is 3.47. The molecular formula is C18H28N2O5. The molecule has 7 heteroatoms. The molecule has 1 fully saturated rings. The smallest absolute Gasteiger partial charge is 0.404 e. The van der Waals surface area contributed by atoms with Crippen LogP contribution >= 0.6 is 0 Å². The fraction of sp³-hybridized carbons (Fsp3) is 0.667. The van der Waals surface area contributed by atoms with Gasteiger partial charge in [0.15, 0.2) is 5.75 Å². The van der Waals surface area contributed by atoms with Crippen LogP contribution < -0.4 is 14.8 Å². The van der Waals surface area contributed by atoms with Gasteiger partial charge >= 0.3 is 6.09 Å². The first-order valence-electron chi connectivity index (χ1n) is 8.54. The number of rotatable bonds is 8. The predicted octanol–water partition coefficient (Wildman–Crippen LogP) is 3.05. The second-order valence-electron chi connectivity index (χ2n) is 7.03. The Hall–Kier alpha value is -2.02. The lowest BCUT2D eigenvalue weighted by Gasteiger charge is -2.30. The molecule has 0 bridgehead atoms. The van der Waals surface area contributed by atoms with Gasteiger partial charge in [0.1, 0.15) is 0 Å². The van der Waals surface area contributed by atoms with Crippen LogP contribution in [0.15, 0.2) is 12.3 Å². The largest absolute Gasteiger partial charge is 0.488 e. The second kappa shape index (κ2) is 8.38. The highest BCUT2D eigenvalue weighted by Crippen LogP contribution is 2.47. The lowest BCUT2D eigenvalue weighted by molar-refractivity contribution is 0.170. The lowest BCUT2D eigenvalue weighted by Crippen LogP contribution is -2.43. The SMILES string of the molecule is COCCCOc1cc(C2CCC(C)(C)C2NC(=O)O)cnc1OC. The van der Waals surface area contributed by atoms with Crippen molar-refractivity contribution >= 4 is 6.09 Å². The molecular weight excluding hydrogens is 324 g/mol. The van der Waals surface area contributed by atoms with Crippen molar-refractivity contribution < 1.29 is 24.1 Å². The highest BCUT2D eigenvalue weighted by atomic mass is 16.5. The van der Waals surface area contributed by atoms with Crippen LogP contribution in [0.2, 0.25) is 0 Å². The molecule has 1 aliphatic carbocycles. The van der Waals surface area contributed by atoms with Crippen molar-refractivity contribution in [3.8, 4) is 11.6 Å². The van der Waals surface area contributed by atoms with E-state index in [0.717, 1.165) is 24.8 Å². The maximum absolute atomic E-state index is 11.2. The molecule has 1 heterocycles. The number of hydrogen-bond acceptors (Lipinski definition) is 5. The van der Waals surface area contributed by atoms with Gasteiger partial charge in [-0.3, -0.25) is 0 Å². The average Bonchev–Trinajstić information content (AvgIpc) is 2.86. The van der Waals surface area contributed by atoms with Crippen molar-refractivity contribution in [3.05, 3.63) is 17.8 Å². The Morgan fingerprint density at radius 1 is 1.40 bits per heavy atom. The van der Waals surface area contributed by atoms with Crippen molar-refractivity contribution in [2.24, 2.45) is 5.41 Å². The first kappa shape index (κ1) is 19.3. The summed E-state index contributed by atoms with van der Waals surface area (Å²) >= 11 is 0. The topological polar surface area (TPSA) is 89.9 Å². The van der Waals surface area contributed by atoms with Crippen LogP contribution in [0, 0.1) is 5.41 Å². The zero-order valence-electron chi connectivity index (χ0n) is 15.4. The Kier molecular flexibility index (Phi) is 6.47. The number of methoxy groups -OCH3 is 2. The van der Waals surface area contributed by atoms with E-state index in [4.69, 9.17) is 14.2 Å². The van der Waals surface area contributed by atoms with Crippen molar-refractivity contribution in [2.75, 3.05) is 27.4 Å². The van der Waals surface area contributed by atoms with E-state index in [1.54, 1.807) is 20.4 Å². The monoisotopic (exact) mass is 352 g/mol. The van der Waals surface area contributed by atoms with Gasteiger partial charge in [-0.1, -0.05) is 13.8 Å². The van der Waals surface area contributed by atoms with Gasteiger partial charge in [0.2, 0.25) is 0 Å². The Labute approximate surface area is 148 Å². The van der Waals surface area contributed by atoms with Crippen LogP contribution in [0.5, 0.6) is 11.6 Å². The van der Waals surface area contributed by atoms with E-state index in [1.807, 2.05) is 6.07 Å². The third kappa shape index (κ3) is 4.75. The molecule has 0 saturated heterocycles. The van der Waals surface area contributed by atoms with Crippen molar-refractivity contribution in [2.45, 2.75) is 45.1 Å². The maximum Gasteiger partial charge on any atom is 0.404 e. The summed E-state index contributed by atoms with van der Waals surface area (Å²) in [6, 6.07) is 1.75.